The van der Waals surface area contributed by atoms with Crippen LogP contribution in [0.5, 0.6) is 17.2 Å². The molecule has 0 N–H and O–H groups in total. The minimum Gasteiger partial charge on any atom is -0.497 e. The molecule has 27 heavy (non-hydrogen) atoms. The van der Waals surface area contributed by atoms with Gasteiger partial charge < -0.3 is 19.1 Å². The summed E-state index contributed by atoms with van der Waals surface area (Å²) in [7, 11) is 5.58. The van der Waals surface area contributed by atoms with E-state index >= 15 is 0 Å². The quantitative estimate of drug-likeness (QED) is 0.657. The Morgan fingerprint density at radius 2 is 1.74 bits per heavy atom. The monoisotopic (exact) mass is 369 g/mol. The van der Waals surface area contributed by atoms with E-state index in [0.29, 0.717) is 6.04 Å². The van der Waals surface area contributed by atoms with Gasteiger partial charge in [0.1, 0.15) is 17.2 Å². The number of benzene rings is 2. The van der Waals surface area contributed by atoms with Gasteiger partial charge in [0.2, 0.25) is 0 Å². The SMILES string of the molecule is COc1cc(CCc2ccccc2OCCC2CCCN2C)cc(OC)c1. The van der Waals surface area contributed by atoms with Crippen LogP contribution in [0.3, 0.4) is 0 Å². The van der Waals surface area contributed by atoms with Crippen molar-refractivity contribution in [2.45, 2.75) is 38.1 Å². The van der Waals surface area contributed by atoms with E-state index in [1.54, 1.807) is 14.2 Å². The Balaban J connectivity index is 1.59. The molecule has 2 aromatic carbocycles. The summed E-state index contributed by atoms with van der Waals surface area (Å²) in [6.07, 6.45) is 5.54. The van der Waals surface area contributed by atoms with Gasteiger partial charge in [-0.3, -0.25) is 0 Å². The Morgan fingerprint density at radius 3 is 2.41 bits per heavy atom. The molecule has 1 aliphatic rings. The van der Waals surface area contributed by atoms with Gasteiger partial charge in [0, 0.05) is 12.1 Å². The molecule has 1 heterocycles. The van der Waals surface area contributed by atoms with Crippen molar-refractivity contribution in [2.75, 3.05) is 34.4 Å². The molecule has 0 bridgehead atoms. The van der Waals surface area contributed by atoms with Crippen LogP contribution >= 0.6 is 0 Å². The molecular formula is C23H31NO3. The van der Waals surface area contributed by atoms with E-state index in [1.165, 1.54) is 30.5 Å². The molecule has 0 radical (unpaired) electrons. The van der Waals surface area contributed by atoms with Crippen molar-refractivity contribution < 1.29 is 14.2 Å². The number of aryl methyl sites for hydroxylation is 2. The van der Waals surface area contributed by atoms with Crippen LogP contribution in [-0.2, 0) is 12.8 Å². The zero-order valence-electron chi connectivity index (χ0n) is 16.7. The third-order valence-electron chi connectivity index (χ3n) is 5.45. The van der Waals surface area contributed by atoms with E-state index in [0.717, 1.165) is 43.1 Å². The maximum absolute atomic E-state index is 6.15. The molecule has 0 aromatic heterocycles. The number of methoxy groups -OCH3 is 2. The summed E-state index contributed by atoms with van der Waals surface area (Å²) >= 11 is 0. The molecule has 1 saturated heterocycles. The number of likely N-dealkylation sites (tertiary alicyclic amines) is 1. The molecule has 4 nitrogen and oxygen atoms in total. The Morgan fingerprint density at radius 1 is 1.00 bits per heavy atom. The lowest BCUT2D eigenvalue weighted by Gasteiger charge is -2.20. The molecule has 0 amide bonds. The predicted octanol–water partition coefficient (Wildman–Crippen LogP) is 4.35. The smallest absolute Gasteiger partial charge is 0.122 e. The summed E-state index contributed by atoms with van der Waals surface area (Å²) in [5.74, 6) is 2.66. The summed E-state index contributed by atoms with van der Waals surface area (Å²) in [6.45, 7) is 1.99. The topological polar surface area (TPSA) is 30.9 Å². The molecule has 1 fully saturated rings. The molecule has 0 spiro atoms. The average Bonchev–Trinajstić information content (AvgIpc) is 3.11. The van der Waals surface area contributed by atoms with Crippen molar-refractivity contribution in [1.29, 1.82) is 0 Å². The fourth-order valence-corrected chi connectivity index (χ4v) is 3.79. The van der Waals surface area contributed by atoms with E-state index in [4.69, 9.17) is 14.2 Å². The third kappa shape index (κ3) is 5.39. The predicted molar refractivity (Wildman–Crippen MR) is 109 cm³/mol. The lowest BCUT2D eigenvalue weighted by molar-refractivity contribution is 0.232. The number of nitrogens with zero attached hydrogens (tertiary/aromatic N) is 1. The molecule has 4 heteroatoms. The van der Waals surface area contributed by atoms with Crippen molar-refractivity contribution >= 4 is 0 Å². The first-order valence-electron chi connectivity index (χ1n) is 9.82. The second kappa shape index (κ2) is 9.65. The van der Waals surface area contributed by atoms with Crippen molar-refractivity contribution in [1.82, 2.24) is 4.90 Å². The van der Waals surface area contributed by atoms with Crippen molar-refractivity contribution in [3.05, 3.63) is 53.6 Å². The highest BCUT2D eigenvalue weighted by Gasteiger charge is 2.20. The van der Waals surface area contributed by atoms with Crippen molar-refractivity contribution in [3.63, 3.8) is 0 Å². The van der Waals surface area contributed by atoms with Gasteiger partial charge in [0.15, 0.2) is 0 Å². The van der Waals surface area contributed by atoms with Crippen LogP contribution < -0.4 is 14.2 Å². The van der Waals surface area contributed by atoms with Crippen LogP contribution in [0.4, 0.5) is 0 Å². The Labute approximate surface area is 163 Å². The van der Waals surface area contributed by atoms with E-state index in [9.17, 15) is 0 Å². The number of rotatable bonds is 9. The normalized spacial score (nSPS) is 17.1. The average molecular weight is 370 g/mol. The molecule has 1 atom stereocenters. The molecular weight excluding hydrogens is 338 g/mol. The van der Waals surface area contributed by atoms with Crippen molar-refractivity contribution in [3.8, 4) is 17.2 Å². The van der Waals surface area contributed by atoms with Gasteiger partial charge in [-0.15, -0.1) is 0 Å². The van der Waals surface area contributed by atoms with Gasteiger partial charge in [0.25, 0.3) is 0 Å². The molecule has 1 unspecified atom stereocenters. The van der Waals surface area contributed by atoms with Crippen LogP contribution in [0.15, 0.2) is 42.5 Å². The molecule has 0 saturated carbocycles. The van der Waals surface area contributed by atoms with Gasteiger partial charge >= 0.3 is 0 Å². The number of hydrogen-bond acceptors (Lipinski definition) is 4. The number of ether oxygens (including phenoxy) is 3. The summed E-state index contributed by atoms with van der Waals surface area (Å²) in [5.41, 5.74) is 2.45. The van der Waals surface area contributed by atoms with E-state index < -0.39 is 0 Å². The Hall–Kier alpha value is -2.20. The summed E-state index contributed by atoms with van der Waals surface area (Å²) in [6, 6.07) is 15.1. The first-order valence-corrected chi connectivity index (χ1v) is 9.82. The number of para-hydroxylation sites is 1. The van der Waals surface area contributed by atoms with E-state index in [1.807, 2.05) is 6.07 Å². The number of hydrogen-bond donors (Lipinski definition) is 0. The standard InChI is InChI=1S/C23H31NO3/c1-24-13-6-8-20(24)12-14-27-23-9-5-4-7-19(23)11-10-18-15-21(25-2)17-22(16-18)26-3/h4-5,7,9,15-17,20H,6,8,10-14H2,1-3H3. The van der Waals surface area contributed by atoms with Gasteiger partial charge in [-0.25, -0.2) is 0 Å². The highest BCUT2D eigenvalue weighted by atomic mass is 16.5. The largest absolute Gasteiger partial charge is 0.497 e. The second-order valence-corrected chi connectivity index (χ2v) is 7.24. The first-order chi connectivity index (χ1) is 13.2. The van der Waals surface area contributed by atoms with Gasteiger partial charge in [-0.1, -0.05) is 18.2 Å². The lowest BCUT2D eigenvalue weighted by atomic mass is 10.0. The highest BCUT2D eigenvalue weighted by molar-refractivity contribution is 5.40. The zero-order valence-corrected chi connectivity index (χ0v) is 16.7. The molecule has 2 aromatic rings. The van der Waals surface area contributed by atoms with Crippen LogP contribution in [0, 0.1) is 0 Å². The fraction of sp³-hybridized carbons (Fsp3) is 0.478. The van der Waals surface area contributed by atoms with E-state index in [-0.39, 0.29) is 0 Å². The van der Waals surface area contributed by atoms with Gasteiger partial charge in [-0.05, 0) is 75.0 Å². The lowest BCUT2D eigenvalue weighted by Crippen LogP contribution is -2.26. The first kappa shape index (κ1) is 19.6. The summed E-state index contributed by atoms with van der Waals surface area (Å²) in [5, 5.41) is 0. The minimum atomic E-state index is 0.668. The maximum Gasteiger partial charge on any atom is 0.122 e. The fourth-order valence-electron chi connectivity index (χ4n) is 3.79. The molecule has 3 rings (SSSR count). The van der Waals surface area contributed by atoms with Gasteiger partial charge in [-0.2, -0.15) is 0 Å². The maximum atomic E-state index is 6.15. The van der Waals surface area contributed by atoms with Gasteiger partial charge in [0.05, 0.1) is 20.8 Å². The highest BCUT2D eigenvalue weighted by Crippen LogP contribution is 2.26. The third-order valence-corrected chi connectivity index (χ3v) is 5.45. The summed E-state index contributed by atoms with van der Waals surface area (Å²) < 4.78 is 16.9. The Bertz CT molecular complexity index is 709. The second-order valence-electron chi connectivity index (χ2n) is 7.24. The zero-order chi connectivity index (χ0) is 19.1. The molecule has 1 aliphatic heterocycles. The van der Waals surface area contributed by atoms with Crippen LogP contribution in [0.25, 0.3) is 0 Å². The van der Waals surface area contributed by atoms with Crippen LogP contribution in [0.2, 0.25) is 0 Å². The van der Waals surface area contributed by atoms with Crippen molar-refractivity contribution in [2.24, 2.45) is 0 Å². The summed E-state index contributed by atoms with van der Waals surface area (Å²) in [4.78, 5) is 2.45. The Kier molecular flexibility index (Phi) is 6.99. The molecule has 146 valence electrons. The van der Waals surface area contributed by atoms with Crippen LogP contribution in [-0.4, -0.2) is 45.4 Å². The van der Waals surface area contributed by atoms with Crippen LogP contribution in [0.1, 0.15) is 30.4 Å². The minimum absolute atomic E-state index is 0.668. The molecule has 0 aliphatic carbocycles. The van der Waals surface area contributed by atoms with E-state index in [2.05, 4.69) is 48.3 Å².